The maximum atomic E-state index is 13.8. The Morgan fingerprint density at radius 2 is 2.05 bits per heavy atom. The van der Waals surface area contributed by atoms with Gasteiger partial charge in [0.05, 0.1) is 23.3 Å². The molecule has 0 saturated heterocycles. The van der Waals surface area contributed by atoms with E-state index in [4.69, 9.17) is 14.2 Å². The molecular formula is C29H34FIN2O8. The van der Waals surface area contributed by atoms with Gasteiger partial charge < -0.3 is 34.6 Å². The number of methoxy groups -OCH3 is 1. The van der Waals surface area contributed by atoms with Gasteiger partial charge in [-0.3, -0.25) is 14.4 Å². The van der Waals surface area contributed by atoms with Crippen molar-refractivity contribution in [2.45, 2.75) is 38.0 Å². The molecule has 2 aromatic carbocycles. The minimum absolute atomic E-state index is 0.00237. The molecule has 3 unspecified atom stereocenters. The fourth-order valence-electron chi connectivity index (χ4n) is 4.53. The Kier molecular flexibility index (Phi) is 12.5. The lowest BCUT2D eigenvalue weighted by Gasteiger charge is -2.40. The Morgan fingerprint density at radius 1 is 1.27 bits per heavy atom. The number of hydrogen-bond acceptors (Lipinski definition) is 8. The zero-order valence-electron chi connectivity index (χ0n) is 22.8. The van der Waals surface area contributed by atoms with Crippen molar-refractivity contribution in [3.8, 4) is 11.5 Å². The van der Waals surface area contributed by atoms with Crippen LogP contribution in [-0.4, -0.2) is 91.5 Å². The normalized spacial score (nSPS) is 18.3. The van der Waals surface area contributed by atoms with E-state index >= 15 is 0 Å². The van der Waals surface area contributed by atoms with Crippen molar-refractivity contribution in [3.05, 3.63) is 68.6 Å². The van der Waals surface area contributed by atoms with Crippen LogP contribution in [0.5, 0.6) is 11.5 Å². The molecule has 10 nitrogen and oxygen atoms in total. The second-order valence-corrected chi connectivity index (χ2v) is 10.4. The highest BCUT2D eigenvalue weighted by atomic mass is 127. The highest BCUT2D eigenvalue weighted by molar-refractivity contribution is 14.1. The van der Waals surface area contributed by atoms with Gasteiger partial charge in [-0.2, -0.15) is 0 Å². The Labute approximate surface area is 251 Å². The molecule has 0 radical (unpaired) electrons. The summed E-state index contributed by atoms with van der Waals surface area (Å²) in [6.45, 7) is 1.66. The number of nitrogens with zero attached hydrogens (tertiary/aromatic N) is 1. The number of aliphatic hydroxyl groups is 2. The number of aldehydes is 1. The van der Waals surface area contributed by atoms with Crippen LogP contribution in [0, 0.1) is 9.39 Å². The summed E-state index contributed by atoms with van der Waals surface area (Å²) in [5.74, 6) is -0.795. The molecule has 12 heteroatoms. The van der Waals surface area contributed by atoms with E-state index in [1.165, 1.54) is 36.3 Å². The standard InChI is InChI=1S/C29H34FIN2O8/c1-3-40-17-26(36)33(9-7-18-5-4-6-21(30)11-18)23-14-20(29(38)32-8-10-34)15-24(27(23)37)41-28-22(31)12-19(16-35)13-25(28)39-2/h4-6,11-13,15-16,23-24,27,34,37H,3,7-10,14,17H2,1-2H3,(H,32,38). The number of nitrogens with one attached hydrogen (secondary N) is 1. The van der Waals surface area contributed by atoms with Gasteiger partial charge in [0.15, 0.2) is 11.5 Å². The monoisotopic (exact) mass is 684 g/mol. The lowest BCUT2D eigenvalue weighted by Crippen LogP contribution is -2.56. The number of carbonyl (C=O) groups is 3. The minimum atomic E-state index is -1.28. The summed E-state index contributed by atoms with van der Waals surface area (Å²) in [6, 6.07) is 8.20. The zero-order chi connectivity index (χ0) is 29.9. The topological polar surface area (TPSA) is 135 Å². The van der Waals surface area contributed by atoms with Crippen LogP contribution in [0.15, 0.2) is 48.0 Å². The molecule has 1 aliphatic rings. The maximum Gasteiger partial charge on any atom is 0.248 e. The third-order valence-corrected chi connectivity index (χ3v) is 7.34. The zero-order valence-corrected chi connectivity index (χ0v) is 25.0. The summed E-state index contributed by atoms with van der Waals surface area (Å²) in [6.07, 6.45) is 0.0634. The van der Waals surface area contributed by atoms with E-state index in [2.05, 4.69) is 5.32 Å². The number of aliphatic hydroxyl groups excluding tert-OH is 2. The quantitative estimate of drug-likeness (QED) is 0.204. The summed E-state index contributed by atoms with van der Waals surface area (Å²) in [4.78, 5) is 39.1. The van der Waals surface area contributed by atoms with Gasteiger partial charge in [0.25, 0.3) is 0 Å². The van der Waals surface area contributed by atoms with Crippen LogP contribution >= 0.6 is 22.6 Å². The lowest BCUT2D eigenvalue weighted by molar-refractivity contribution is -0.143. The lowest BCUT2D eigenvalue weighted by atomic mass is 9.88. The molecule has 0 bridgehead atoms. The third-order valence-electron chi connectivity index (χ3n) is 6.54. The van der Waals surface area contributed by atoms with E-state index in [1.807, 2.05) is 22.6 Å². The van der Waals surface area contributed by atoms with Crippen LogP contribution in [0.1, 0.15) is 29.3 Å². The van der Waals surface area contributed by atoms with Crippen molar-refractivity contribution >= 4 is 40.7 Å². The van der Waals surface area contributed by atoms with Crippen LogP contribution in [0.25, 0.3) is 0 Å². The molecule has 0 aliphatic heterocycles. The molecule has 2 aromatic rings. The van der Waals surface area contributed by atoms with Gasteiger partial charge in [0, 0.05) is 37.3 Å². The Bertz CT molecular complexity index is 1260. The van der Waals surface area contributed by atoms with Crippen molar-refractivity contribution in [1.82, 2.24) is 10.2 Å². The highest BCUT2D eigenvalue weighted by Crippen LogP contribution is 2.37. The van der Waals surface area contributed by atoms with Crippen molar-refractivity contribution in [2.24, 2.45) is 0 Å². The third kappa shape index (κ3) is 8.71. The van der Waals surface area contributed by atoms with Crippen LogP contribution < -0.4 is 14.8 Å². The molecule has 1 aliphatic carbocycles. The molecule has 3 rings (SSSR count). The summed E-state index contributed by atoms with van der Waals surface area (Å²) in [7, 11) is 1.41. The van der Waals surface area contributed by atoms with E-state index in [9.17, 15) is 29.0 Å². The van der Waals surface area contributed by atoms with Crippen LogP contribution in [-0.2, 0) is 20.7 Å². The Balaban J connectivity index is 1.99. The molecule has 0 aromatic heterocycles. The molecule has 0 heterocycles. The number of amides is 2. The van der Waals surface area contributed by atoms with Crippen molar-refractivity contribution < 1.29 is 43.2 Å². The predicted octanol–water partition coefficient (Wildman–Crippen LogP) is 2.27. The first-order chi connectivity index (χ1) is 19.7. The second kappa shape index (κ2) is 15.8. The van der Waals surface area contributed by atoms with E-state index in [1.54, 1.807) is 25.1 Å². The van der Waals surface area contributed by atoms with Gasteiger partial charge in [0.1, 0.15) is 30.9 Å². The maximum absolute atomic E-state index is 13.8. The number of rotatable bonds is 14. The smallest absolute Gasteiger partial charge is 0.248 e. The number of ether oxygens (including phenoxy) is 3. The van der Waals surface area contributed by atoms with Crippen LogP contribution in [0.3, 0.4) is 0 Å². The molecule has 41 heavy (non-hydrogen) atoms. The molecule has 2 amide bonds. The largest absolute Gasteiger partial charge is 0.493 e. The number of halogens is 2. The van der Waals surface area contributed by atoms with Gasteiger partial charge in [-0.15, -0.1) is 0 Å². The van der Waals surface area contributed by atoms with E-state index < -0.39 is 35.9 Å². The second-order valence-electron chi connectivity index (χ2n) is 9.27. The van der Waals surface area contributed by atoms with Crippen molar-refractivity contribution in [2.75, 3.05) is 40.0 Å². The SMILES string of the molecule is CCOCC(=O)N(CCc1cccc(F)c1)C1CC(C(=O)NCCO)=CC(Oc2c(I)cc(C=O)cc2OC)C1O. The Morgan fingerprint density at radius 3 is 2.71 bits per heavy atom. The average molecular weight is 684 g/mol. The predicted molar refractivity (Wildman–Crippen MR) is 156 cm³/mol. The fourth-order valence-corrected chi connectivity index (χ4v) is 5.28. The fraction of sp³-hybridized carbons (Fsp3) is 0.414. The molecule has 0 saturated carbocycles. The average Bonchev–Trinajstić information content (AvgIpc) is 2.97. The van der Waals surface area contributed by atoms with Crippen molar-refractivity contribution in [1.29, 1.82) is 0 Å². The molecule has 222 valence electrons. The van der Waals surface area contributed by atoms with Gasteiger partial charge >= 0.3 is 0 Å². The first kappa shape index (κ1) is 32.4. The molecule has 0 spiro atoms. The molecule has 3 N–H and O–H groups in total. The number of benzene rings is 2. The number of carbonyl (C=O) groups excluding carboxylic acids is 3. The molecular weight excluding hydrogens is 650 g/mol. The summed E-state index contributed by atoms with van der Waals surface area (Å²) < 4.78 is 31.3. The first-order valence-corrected chi connectivity index (χ1v) is 14.2. The molecule has 0 fully saturated rings. The van der Waals surface area contributed by atoms with E-state index in [0.29, 0.717) is 34.0 Å². The van der Waals surface area contributed by atoms with Crippen LogP contribution in [0.4, 0.5) is 4.39 Å². The van der Waals surface area contributed by atoms with Gasteiger partial charge in [0.2, 0.25) is 11.8 Å². The van der Waals surface area contributed by atoms with E-state index in [0.717, 1.165) is 0 Å². The Hall–Kier alpha value is -3.07. The van der Waals surface area contributed by atoms with Gasteiger partial charge in [-0.1, -0.05) is 12.1 Å². The summed E-state index contributed by atoms with van der Waals surface area (Å²) in [5.41, 5.74) is 1.27. The summed E-state index contributed by atoms with van der Waals surface area (Å²) >= 11 is 1.98. The summed E-state index contributed by atoms with van der Waals surface area (Å²) in [5, 5.41) is 23.4. The highest BCUT2D eigenvalue weighted by Gasteiger charge is 2.41. The van der Waals surface area contributed by atoms with E-state index in [-0.39, 0.29) is 49.8 Å². The number of hydrogen-bond donors (Lipinski definition) is 3. The van der Waals surface area contributed by atoms with Crippen molar-refractivity contribution in [3.63, 3.8) is 0 Å². The molecule has 3 atom stereocenters. The first-order valence-electron chi connectivity index (χ1n) is 13.1. The van der Waals surface area contributed by atoms with Crippen LogP contribution in [0.2, 0.25) is 0 Å². The van der Waals surface area contributed by atoms with Gasteiger partial charge in [-0.25, -0.2) is 4.39 Å². The van der Waals surface area contributed by atoms with Gasteiger partial charge in [-0.05, 0) is 71.8 Å². The minimum Gasteiger partial charge on any atom is -0.493 e.